The zero-order valence-electron chi connectivity index (χ0n) is 16.2. The zero-order chi connectivity index (χ0) is 20.2. The van der Waals surface area contributed by atoms with Gasteiger partial charge in [-0.3, -0.25) is 14.5 Å². The molecular formula is C25H21NO3. The third kappa shape index (κ3) is 3.69. The first kappa shape index (κ1) is 18.7. The Bertz CT molecular complexity index is 1070. The van der Waals surface area contributed by atoms with Crippen LogP contribution in [-0.4, -0.2) is 18.8 Å². The number of carbonyl (C=O) groups is 2. The van der Waals surface area contributed by atoms with Crippen molar-refractivity contribution in [2.75, 3.05) is 12.0 Å². The van der Waals surface area contributed by atoms with E-state index in [-0.39, 0.29) is 18.1 Å². The monoisotopic (exact) mass is 383 g/mol. The van der Waals surface area contributed by atoms with Crippen molar-refractivity contribution in [3.63, 3.8) is 0 Å². The second kappa shape index (κ2) is 8.15. The molecule has 0 bridgehead atoms. The zero-order valence-corrected chi connectivity index (χ0v) is 16.2. The summed E-state index contributed by atoms with van der Waals surface area (Å²) in [5, 5.41) is 0. The molecule has 0 saturated carbocycles. The summed E-state index contributed by atoms with van der Waals surface area (Å²) >= 11 is 0. The molecule has 0 unspecified atom stereocenters. The number of nitrogens with zero attached hydrogens (tertiary/aromatic N) is 1. The highest BCUT2D eigenvalue weighted by Gasteiger charge is 2.32. The molecule has 4 nitrogen and oxygen atoms in total. The fraction of sp³-hybridized carbons (Fsp3) is 0.120. The minimum atomic E-state index is -0.0511. The molecule has 0 fully saturated rings. The van der Waals surface area contributed by atoms with Crippen LogP contribution in [0.2, 0.25) is 0 Å². The summed E-state index contributed by atoms with van der Waals surface area (Å²) in [5.41, 5.74) is 3.43. The molecule has 0 radical (unpaired) electrons. The molecule has 4 heteroatoms. The number of allylic oxidation sites excluding steroid dienone is 1. The largest absolute Gasteiger partial charge is 0.497 e. The maximum absolute atomic E-state index is 13.4. The van der Waals surface area contributed by atoms with Crippen LogP contribution in [0.5, 0.6) is 5.75 Å². The Kier molecular flexibility index (Phi) is 5.25. The number of carbonyl (C=O) groups excluding carboxylic acids is 2. The number of ketones is 1. The topological polar surface area (TPSA) is 46.6 Å². The van der Waals surface area contributed by atoms with E-state index in [1.54, 1.807) is 12.0 Å². The molecule has 0 atom stereocenters. The molecule has 0 aromatic heterocycles. The fourth-order valence-corrected chi connectivity index (χ4v) is 3.63. The van der Waals surface area contributed by atoms with E-state index in [0.29, 0.717) is 34.7 Å². The number of anilines is 1. The maximum Gasteiger partial charge on any atom is 0.231 e. The van der Waals surface area contributed by atoms with Crippen LogP contribution in [0.4, 0.5) is 5.69 Å². The van der Waals surface area contributed by atoms with Gasteiger partial charge in [-0.1, -0.05) is 66.7 Å². The van der Waals surface area contributed by atoms with Gasteiger partial charge in [-0.2, -0.15) is 0 Å². The van der Waals surface area contributed by atoms with Crippen LogP contribution in [0.1, 0.15) is 28.8 Å². The molecule has 144 valence electrons. The van der Waals surface area contributed by atoms with E-state index >= 15 is 0 Å². The van der Waals surface area contributed by atoms with E-state index < -0.39 is 0 Å². The van der Waals surface area contributed by atoms with E-state index in [2.05, 4.69) is 0 Å². The Balaban J connectivity index is 1.92. The van der Waals surface area contributed by atoms with Crippen molar-refractivity contribution < 1.29 is 14.3 Å². The van der Waals surface area contributed by atoms with Crippen molar-refractivity contribution in [3.05, 3.63) is 102 Å². The van der Waals surface area contributed by atoms with Crippen LogP contribution < -0.4 is 9.64 Å². The summed E-state index contributed by atoms with van der Waals surface area (Å²) in [5.74, 6) is 0.566. The Labute approximate surface area is 170 Å². The average Bonchev–Trinajstić information content (AvgIpc) is 2.79. The summed E-state index contributed by atoms with van der Waals surface area (Å²) < 4.78 is 5.34. The Morgan fingerprint density at radius 1 is 0.862 bits per heavy atom. The number of methoxy groups -OCH3 is 1. The molecule has 4 rings (SSSR count). The molecule has 3 aromatic carbocycles. The van der Waals surface area contributed by atoms with Crippen LogP contribution in [0, 0.1) is 0 Å². The summed E-state index contributed by atoms with van der Waals surface area (Å²) in [7, 11) is 1.59. The number of hydrogen-bond acceptors (Lipinski definition) is 3. The quantitative estimate of drug-likeness (QED) is 0.575. The fourth-order valence-electron chi connectivity index (χ4n) is 3.63. The van der Waals surface area contributed by atoms with Crippen molar-refractivity contribution in [1.29, 1.82) is 0 Å². The summed E-state index contributed by atoms with van der Waals surface area (Å²) in [6, 6.07) is 26.2. The van der Waals surface area contributed by atoms with Crippen molar-refractivity contribution in [2.45, 2.75) is 12.8 Å². The number of amides is 1. The van der Waals surface area contributed by atoms with Gasteiger partial charge >= 0.3 is 0 Å². The van der Waals surface area contributed by atoms with Gasteiger partial charge in [-0.15, -0.1) is 0 Å². The lowest BCUT2D eigenvalue weighted by atomic mass is 9.90. The van der Waals surface area contributed by atoms with E-state index in [4.69, 9.17) is 4.74 Å². The number of ether oxygens (including phenoxy) is 1. The standard InChI is InChI=1S/C25H21NO3/c1-29-21-14-8-13-20(17-21)26-23(27)16-15-22(24(26)18-9-4-2-5-10-18)25(28)19-11-6-3-7-12-19/h2-14,17H,15-16H2,1H3. The van der Waals surface area contributed by atoms with Crippen molar-refractivity contribution >= 4 is 23.1 Å². The first-order valence-corrected chi connectivity index (χ1v) is 9.54. The van der Waals surface area contributed by atoms with Gasteiger partial charge < -0.3 is 4.74 Å². The number of hydrogen-bond donors (Lipinski definition) is 0. The number of benzene rings is 3. The first-order chi connectivity index (χ1) is 14.2. The normalized spacial score (nSPS) is 14.1. The lowest BCUT2D eigenvalue weighted by Crippen LogP contribution is -2.35. The molecule has 1 amide bonds. The van der Waals surface area contributed by atoms with Gasteiger partial charge in [0, 0.05) is 23.6 Å². The van der Waals surface area contributed by atoms with Crippen molar-refractivity contribution in [3.8, 4) is 5.75 Å². The van der Waals surface area contributed by atoms with E-state index in [9.17, 15) is 9.59 Å². The Morgan fingerprint density at radius 3 is 2.24 bits per heavy atom. The van der Waals surface area contributed by atoms with Crippen LogP contribution in [0.25, 0.3) is 5.70 Å². The predicted octanol–water partition coefficient (Wildman–Crippen LogP) is 5.12. The minimum absolute atomic E-state index is 0.0401. The molecule has 1 heterocycles. The number of rotatable bonds is 5. The van der Waals surface area contributed by atoms with Crippen LogP contribution in [-0.2, 0) is 4.79 Å². The van der Waals surface area contributed by atoms with E-state index in [1.807, 2.05) is 84.9 Å². The predicted molar refractivity (Wildman–Crippen MR) is 114 cm³/mol. The number of Topliss-reactive ketones (excluding diaryl/α,β-unsaturated/α-hetero) is 1. The molecule has 1 aliphatic rings. The van der Waals surface area contributed by atoms with Crippen LogP contribution >= 0.6 is 0 Å². The summed E-state index contributed by atoms with van der Waals surface area (Å²) in [6.45, 7) is 0. The van der Waals surface area contributed by atoms with Gasteiger partial charge in [0.2, 0.25) is 5.91 Å². The van der Waals surface area contributed by atoms with E-state index in [0.717, 1.165) is 5.56 Å². The first-order valence-electron chi connectivity index (χ1n) is 9.54. The molecule has 0 saturated heterocycles. The second-order valence-electron chi connectivity index (χ2n) is 6.82. The van der Waals surface area contributed by atoms with Crippen molar-refractivity contribution in [1.82, 2.24) is 0 Å². The summed E-state index contributed by atoms with van der Waals surface area (Å²) in [4.78, 5) is 28.0. The third-order valence-corrected chi connectivity index (χ3v) is 5.02. The second-order valence-corrected chi connectivity index (χ2v) is 6.82. The molecular weight excluding hydrogens is 362 g/mol. The summed E-state index contributed by atoms with van der Waals surface area (Å²) in [6.07, 6.45) is 0.693. The molecule has 0 N–H and O–H groups in total. The smallest absolute Gasteiger partial charge is 0.231 e. The molecule has 1 aliphatic heterocycles. The lowest BCUT2D eigenvalue weighted by molar-refractivity contribution is -0.118. The molecule has 0 aliphatic carbocycles. The Morgan fingerprint density at radius 2 is 1.55 bits per heavy atom. The van der Waals surface area contributed by atoms with Gasteiger partial charge in [0.15, 0.2) is 5.78 Å². The maximum atomic E-state index is 13.4. The van der Waals surface area contributed by atoms with Gasteiger partial charge in [-0.25, -0.2) is 0 Å². The van der Waals surface area contributed by atoms with Gasteiger partial charge in [0.1, 0.15) is 5.75 Å². The highest BCUT2D eigenvalue weighted by Crippen LogP contribution is 2.37. The van der Waals surface area contributed by atoms with Gasteiger partial charge in [0.25, 0.3) is 0 Å². The minimum Gasteiger partial charge on any atom is -0.497 e. The highest BCUT2D eigenvalue weighted by atomic mass is 16.5. The SMILES string of the molecule is COc1cccc(N2C(=O)CCC(C(=O)c3ccccc3)=C2c2ccccc2)c1. The highest BCUT2D eigenvalue weighted by molar-refractivity contribution is 6.20. The van der Waals surface area contributed by atoms with E-state index in [1.165, 1.54) is 0 Å². The van der Waals surface area contributed by atoms with Crippen molar-refractivity contribution in [2.24, 2.45) is 0 Å². The molecule has 3 aromatic rings. The molecule has 0 spiro atoms. The van der Waals surface area contributed by atoms with Gasteiger partial charge in [0.05, 0.1) is 18.5 Å². The van der Waals surface area contributed by atoms with Crippen LogP contribution in [0.15, 0.2) is 90.5 Å². The third-order valence-electron chi connectivity index (χ3n) is 5.02. The lowest BCUT2D eigenvalue weighted by Gasteiger charge is -2.32. The average molecular weight is 383 g/mol. The van der Waals surface area contributed by atoms with Crippen LogP contribution in [0.3, 0.4) is 0 Å². The molecule has 29 heavy (non-hydrogen) atoms. The Hall–Kier alpha value is -3.66. The van der Waals surface area contributed by atoms with Gasteiger partial charge in [-0.05, 0) is 24.1 Å².